The average molecular weight is 255 g/mol. The van der Waals surface area contributed by atoms with Crippen molar-refractivity contribution >= 4 is 5.97 Å². The summed E-state index contributed by atoms with van der Waals surface area (Å²) < 4.78 is 5.26. The van der Waals surface area contributed by atoms with Crippen LogP contribution in [0.4, 0.5) is 0 Å². The molecule has 0 radical (unpaired) electrons. The second-order valence-electron chi connectivity index (χ2n) is 6.67. The van der Waals surface area contributed by atoms with Crippen molar-refractivity contribution in [3.63, 3.8) is 0 Å². The van der Waals surface area contributed by atoms with Crippen LogP contribution in [-0.4, -0.2) is 24.7 Å². The molecule has 0 heterocycles. The van der Waals surface area contributed by atoms with Crippen molar-refractivity contribution in [1.82, 2.24) is 5.32 Å². The number of hydrogen-bond donors (Lipinski definition) is 1. The molecule has 0 aliphatic heterocycles. The van der Waals surface area contributed by atoms with Gasteiger partial charge in [-0.2, -0.15) is 0 Å². The monoisotopic (exact) mass is 255 g/mol. The van der Waals surface area contributed by atoms with Gasteiger partial charge in [-0.05, 0) is 52.0 Å². The third kappa shape index (κ3) is 7.00. The van der Waals surface area contributed by atoms with Gasteiger partial charge in [0.15, 0.2) is 0 Å². The van der Waals surface area contributed by atoms with Gasteiger partial charge in [-0.3, -0.25) is 4.79 Å². The van der Waals surface area contributed by atoms with E-state index >= 15 is 0 Å². The molecule has 1 rings (SSSR count). The van der Waals surface area contributed by atoms with Crippen LogP contribution < -0.4 is 5.32 Å². The normalized spacial score (nSPS) is 24.9. The van der Waals surface area contributed by atoms with E-state index in [0.717, 1.165) is 24.9 Å². The Kier molecular flexibility index (Phi) is 6.13. The molecule has 0 amide bonds. The molecule has 106 valence electrons. The number of carbonyl (C=O) groups excluding carboxylic acids is 1. The minimum atomic E-state index is -0.364. The summed E-state index contributed by atoms with van der Waals surface area (Å²) in [4.78, 5) is 11.5. The molecule has 1 aliphatic rings. The highest BCUT2D eigenvalue weighted by Crippen LogP contribution is 2.27. The van der Waals surface area contributed by atoms with E-state index in [1.165, 1.54) is 25.7 Å². The molecule has 1 aliphatic carbocycles. The molecular formula is C15H29NO2. The van der Waals surface area contributed by atoms with Gasteiger partial charge in [0, 0.05) is 6.54 Å². The van der Waals surface area contributed by atoms with Crippen LogP contribution in [0, 0.1) is 11.8 Å². The number of rotatable bonds is 5. The summed E-state index contributed by atoms with van der Waals surface area (Å²) in [7, 11) is 0. The summed E-state index contributed by atoms with van der Waals surface area (Å²) in [6.07, 6.45) is 5.86. The lowest BCUT2D eigenvalue weighted by atomic mass is 9.83. The first-order valence-electron chi connectivity index (χ1n) is 7.29. The van der Waals surface area contributed by atoms with Crippen LogP contribution in [-0.2, 0) is 9.53 Å². The Hall–Kier alpha value is -0.570. The van der Waals surface area contributed by atoms with Crippen molar-refractivity contribution in [3.8, 4) is 0 Å². The minimum Gasteiger partial charge on any atom is -0.460 e. The van der Waals surface area contributed by atoms with Crippen LogP contribution in [0.25, 0.3) is 0 Å². The molecule has 0 aromatic carbocycles. The number of hydrogen-bond acceptors (Lipinski definition) is 3. The number of carbonyl (C=O) groups is 1. The van der Waals surface area contributed by atoms with Gasteiger partial charge < -0.3 is 10.1 Å². The fraction of sp³-hybridized carbons (Fsp3) is 0.933. The summed E-state index contributed by atoms with van der Waals surface area (Å²) in [5.74, 6) is 1.61. The first-order chi connectivity index (χ1) is 8.37. The third-order valence-electron chi connectivity index (χ3n) is 3.49. The fourth-order valence-corrected chi connectivity index (χ4v) is 2.42. The van der Waals surface area contributed by atoms with Crippen molar-refractivity contribution in [2.45, 2.75) is 65.4 Å². The summed E-state index contributed by atoms with van der Waals surface area (Å²) in [6.45, 7) is 9.84. The van der Waals surface area contributed by atoms with Crippen LogP contribution in [0.2, 0.25) is 0 Å². The average Bonchev–Trinajstić information content (AvgIpc) is 2.24. The highest BCUT2D eigenvalue weighted by Gasteiger charge is 2.18. The third-order valence-corrected chi connectivity index (χ3v) is 3.49. The minimum absolute atomic E-state index is 0.104. The molecule has 18 heavy (non-hydrogen) atoms. The topological polar surface area (TPSA) is 38.3 Å². The van der Waals surface area contributed by atoms with Crippen LogP contribution in [0.3, 0.4) is 0 Å². The molecule has 1 saturated carbocycles. The standard InChI is InChI=1S/C15H29NO2/c1-12-5-7-13(8-6-12)11-16-10-9-14(17)18-15(2,3)4/h12-13,16H,5-11H2,1-4H3. The van der Waals surface area contributed by atoms with E-state index in [2.05, 4.69) is 12.2 Å². The Balaban J connectivity index is 2.03. The van der Waals surface area contributed by atoms with Crippen LogP contribution in [0.1, 0.15) is 59.8 Å². The van der Waals surface area contributed by atoms with Gasteiger partial charge in [-0.1, -0.05) is 19.8 Å². The van der Waals surface area contributed by atoms with E-state index in [1.54, 1.807) is 0 Å². The maximum absolute atomic E-state index is 11.5. The van der Waals surface area contributed by atoms with Gasteiger partial charge >= 0.3 is 5.97 Å². The van der Waals surface area contributed by atoms with Gasteiger partial charge in [-0.25, -0.2) is 0 Å². The van der Waals surface area contributed by atoms with Gasteiger partial charge in [-0.15, -0.1) is 0 Å². The van der Waals surface area contributed by atoms with Crippen molar-refractivity contribution < 1.29 is 9.53 Å². The van der Waals surface area contributed by atoms with E-state index in [0.29, 0.717) is 6.42 Å². The Bertz CT molecular complexity index is 250. The second kappa shape index (κ2) is 7.13. The Morgan fingerprint density at radius 2 is 1.83 bits per heavy atom. The zero-order valence-corrected chi connectivity index (χ0v) is 12.4. The Labute approximate surface area is 112 Å². The van der Waals surface area contributed by atoms with Crippen LogP contribution in [0.5, 0.6) is 0 Å². The molecule has 0 atom stereocenters. The Morgan fingerprint density at radius 3 is 2.39 bits per heavy atom. The van der Waals surface area contributed by atoms with E-state index in [1.807, 2.05) is 20.8 Å². The quantitative estimate of drug-likeness (QED) is 0.606. The SMILES string of the molecule is CC1CCC(CNCCC(=O)OC(C)(C)C)CC1. The van der Waals surface area contributed by atoms with Crippen molar-refractivity contribution in [3.05, 3.63) is 0 Å². The highest BCUT2D eigenvalue weighted by molar-refractivity contribution is 5.70. The molecule has 1 N–H and O–H groups in total. The fourth-order valence-electron chi connectivity index (χ4n) is 2.42. The maximum Gasteiger partial charge on any atom is 0.307 e. The second-order valence-corrected chi connectivity index (χ2v) is 6.67. The largest absolute Gasteiger partial charge is 0.460 e. The van der Waals surface area contributed by atoms with Gasteiger partial charge in [0.05, 0.1) is 6.42 Å². The highest BCUT2D eigenvalue weighted by atomic mass is 16.6. The van der Waals surface area contributed by atoms with Crippen LogP contribution in [0.15, 0.2) is 0 Å². The molecule has 0 bridgehead atoms. The van der Waals surface area contributed by atoms with E-state index in [9.17, 15) is 4.79 Å². The molecule has 3 heteroatoms. The number of esters is 1. The van der Waals surface area contributed by atoms with Crippen molar-refractivity contribution in [2.24, 2.45) is 11.8 Å². The molecule has 0 saturated heterocycles. The van der Waals surface area contributed by atoms with Gasteiger partial charge in [0.25, 0.3) is 0 Å². The first kappa shape index (κ1) is 15.5. The molecule has 3 nitrogen and oxygen atoms in total. The van der Waals surface area contributed by atoms with E-state index < -0.39 is 0 Å². The molecule has 0 aromatic rings. The predicted molar refractivity (Wildman–Crippen MR) is 74.5 cm³/mol. The maximum atomic E-state index is 11.5. The molecule has 0 aromatic heterocycles. The summed E-state index contributed by atoms with van der Waals surface area (Å²) >= 11 is 0. The van der Waals surface area contributed by atoms with E-state index in [4.69, 9.17) is 4.74 Å². The number of nitrogens with one attached hydrogen (secondary N) is 1. The molecule has 1 fully saturated rings. The van der Waals surface area contributed by atoms with Crippen molar-refractivity contribution in [2.75, 3.05) is 13.1 Å². The molecule has 0 unspecified atom stereocenters. The van der Waals surface area contributed by atoms with Gasteiger partial charge in [0.1, 0.15) is 5.60 Å². The lowest BCUT2D eigenvalue weighted by Crippen LogP contribution is -2.30. The number of ether oxygens (including phenoxy) is 1. The lowest BCUT2D eigenvalue weighted by molar-refractivity contribution is -0.154. The lowest BCUT2D eigenvalue weighted by Gasteiger charge is -2.26. The van der Waals surface area contributed by atoms with E-state index in [-0.39, 0.29) is 11.6 Å². The Morgan fingerprint density at radius 1 is 1.22 bits per heavy atom. The van der Waals surface area contributed by atoms with Gasteiger partial charge in [0.2, 0.25) is 0 Å². The smallest absolute Gasteiger partial charge is 0.307 e. The zero-order valence-electron chi connectivity index (χ0n) is 12.4. The van der Waals surface area contributed by atoms with Crippen LogP contribution >= 0.6 is 0 Å². The molecular weight excluding hydrogens is 226 g/mol. The molecule has 0 spiro atoms. The zero-order chi connectivity index (χ0) is 13.6. The first-order valence-corrected chi connectivity index (χ1v) is 7.29. The summed E-state index contributed by atoms with van der Waals surface area (Å²) in [5.41, 5.74) is -0.364. The van der Waals surface area contributed by atoms with Crippen molar-refractivity contribution in [1.29, 1.82) is 0 Å². The predicted octanol–water partition coefficient (Wildman–Crippen LogP) is 3.13. The summed E-state index contributed by atoms with van der Waals surface area (Å²) in [5, 5.41) is 3.39. The summed E-state index contributed by atoms with van der Waals surface area (Å²) in [6, 6.07) is 0.